The minimum absolute atomic E-state index is 0.0808. The van der Waals surface area contributed by atoms with Crippen LogP contribution in [0.25, 0.3) is 0 Å². The van der Waals surface area contributed by atoms with Gasteiger partial charge in [0.25, 0.3) is 5.91 Å². The van der Waals surface area contributed by atoms with E-state index < -0.39 is 11.7 Å². The van der Waals surface area contributed by atoms with E-state index in [2.05, 4.69) is 31.4 Å². The minimum atomic E-state index is -0.507. The lowest BCUT2D eigenvalue weighted by Crippen LogP contribution is -2.13. The molecule has 0 bridgehead atoms. The van der Waals surface area contributed by atoms with E-state index >= 15 is 0 Å². The van der Waals surface area contributed by atoms with Crippen molar-refractivity contribution in [2.24, 2.45) is 0 Å². The second-order valence-electron chi connectivity index (χ2n) is 3.40. The molecule has 1 aromatic carbocycles. The van der Waals surface area contributed by atoms with Crippen molar-refractivity contribution >= 4 is 44.9 Å². The third-order valence-corrected chi connectivity index (χ3v) is 3.08. The van der Waals surface area contributed by atoms with Crippen molar-refractivity contribution in [1.29, 1.82) is 0 Å². The summed E-state index contributed by atoms with van der Waals surface area (Å²) < 4.78 is 13.4. The van der Waals surface area contributed by atoms with Crippen LogP contribution < -0.4 is 11.1 Å². The van der Waals surface area contributed by atoms with Crippen molar-refractivity contribution in [3.63, 3.8) is 0 Å². The maximum absolute atomic E-state index is 13.0. The topological polar surface area (TPSA) is 83.8 Å². The molecule has 0 saturated heterocycles. The van der Waals surface area contributed by atoms with Crippen LogP contribution in [0.5, 0.6) is 0 Å². The molecule has 0 aliphatic heterocycles. The quantitative estimate of drug-likeness (QED) is 0.790. The predicted octanol–water partition coefficient (Wildman–Crippen LogP) is 2.80. The van der Waals surface area contributed by atoms with Crippen LogP contribution in [0.1, 0.15) is 10.4 Å². The Morgan fingerprint density at radius 3 is 2.83 bits per heavy atom. The molecule has 0 aliphatic rings. The first-order chi connectivity index (χ1) is 8.49. The van der Waals surface area contributed by atoms with Crippen molar-refractivity contribution in [3.8, 4) is 0 Å². The van der Waals surface area contributed by atoms with Crippen LogP contribution in [-0.2, 0) is 0 Å². The molecule has 0 fully saturated rings. The zero-order valence-electron chi connectivity index (χ0n) is 8.80. The van der Waals surface area contributed by atoms with Crippen LogP contribution in [0.4, 0.5) is 15.9 Å². The number of carbonyl (C=O) groups excluding carboxylic acids is 1. The molecule has 0 saturated carbocycles. The largest absolute Gasteiger partial charge is 0.383 e. The van der Waals surface area contributed by atoms with E-state index in [0.717, 1.165) is 6.07 Å². The summed E-state index contributed by atoms with van der Waals surface area (Å²) in [5, 5.41) is 8.67. The van der Waals surface area contributed by atoms with E-state index in [1.807, 2.05) is 0 Å². The second-order valence-corrected chi connectivity index (χ2v) is 4.66. The molecular weight excluding hydrogens is 326 g/mol. The molecule has 1 heterocycles. The number of halogens is 3. The lowest BCUT2D eigenvalue weighted by Gasteiger charge is -2.09. The number of rotatable bonds is 2. The number of nitrogens with two attached hydrogens (primary N) is 1. The Balaban J connectivity index is 2.31. The highest BCUT2D eigenvalue weighted by molar-refractivity contribution is 9.10. The van der Waals surface area contributed by atoms with Crippen LogP contribution in [0.15, 0.2) is 22.8 Å². The lowest BCUT2D eigenvalue weighted by molar-refractivity contribution is 0.102. The molecule has 0 unspecified atom stereocenters. The molecule has 2 aromatic rings. The van der Waals surface area contributed by atoms with Crippen LogP contribution >= 0.6 is 27.5 Å². The fourth-order valence-electron chi connectivity index (χ4n) is 1.32. The molecule has 18 heavy (non-hydrogen) atoms. The SMILES string of the molecule is Nc1[nH]ncc1C(=O)Nc1c(Cl)cc(F)cc1Br. The molecule has 1 aromatic heterocycles. The number of benzene rings is 1. The number of H-pyrrole nitrogens is 1. The number of aromatic nitrogens is 2. The van der Waals surface area contributed by atoms with Crippen molar-refractivity contribution in [3.05, 3.63) is 39.2 Å². The van der Waals surface area contributed by atoms with Crippen molar-refractivity contribution < 1.29 is 9.18 Å². The van der Waals surface area contributed by atoms with Gasteiger partial charge in [-0.15, -0.1) is 0 Å². The van der Waals surface area contributed by atoms with Crippen molar-refractivity contribution in [2.75, 3.05) is 11.1 Å². The van der Waals surface area contributed by atoms with Gasteiger partial charge in [0.05, 0.1) is 16.9 Å². The third kappa shape index (κ3) is 2.46. The Hall–Kier alpha value is -1.60. The van der Waals surface area contributed by atoms with Crippen LogP contribution in [0, 0.1) is 5.82 Å². The summed E-state index contributed by atoms with van der Waals surface area (Å²) in [4.78, 5) is 11.9. The number of hydrogen-bond donors (Lipinski definition) is 3. The Bertz CT molecular complexity index is 593. The summed E-state index contributed by atoms with van der Waals surface area (Å²) in [5.41, 5.74) is 5.96. The van der Waals surface area contributed by atoms with Gasteiger partial charge >= 0.3 is 0 Å². The first-order valence-electron chi connectivity index (χ1n) is 4.73. The highest BCUT2D eigenvalue weighted by atomic mass is 79.9. The van der Waals surface area contributed by atoms with Gasteiger partial charge in [-0.3, -0.25) is 9.89 Å². The molecule has 2 rings (SSSR count). The fourth-order valence-corrected chi connectivity index (χ4v) is 2.22. The zero-order valence-corrected chi connectivity index (χ0v) is 11.1. The molecule has 1 amide bonds. The van der Waals surface area contributed by atoms with Crippen LogP contribution in [-0.4, -0.2) is 16.1 Å². The van der Waals surface area contributed by atoms with Gasteiger partial charge in [-0.1, -0.05) is 11.6 Å². The molecule has 0 aliphatic carbocycles. The number of hydrogen-bond acceptors (Lipinski definition) is 3. The van der Waals surface area contributed by atoms with Gasteiger partial charge in [0, 0.05) is 4.47 Å². The number of anilines is 2. The number of carbonyl (C=O) groups is 1. The van der Waals surface area contributed by atoms with Gasteiger partial charge in [0.1, 0.15) is 17.2 Å². The molecule has 8 heteroatoms. The highest BCUT2D eigenvalue weighted by Gasteiger charge is 2.15. The Labute approximate surface area is 115 Å². The Morgan fingerprint density at radius 2 is 2.28 bits per heavy atom. The Kier molecular flexibility index (Phi) is 3.53. The minimum Gasteiger partial charge on any atom is -0.383 e. The predicted molar refractivity (Wildman–Crippen MR) is 70.1 cm³/mol. The molecule has 94 valence electrons. The highest BCUT2D eigenvalue weighted by Crippen LogP contribution is 2.32. The molecule has 5 nitrogen and oxygen atoms in total. The van der Waals surface area contributed by atoms with Crippen LogP contribution in [0.3, 0.4) is 0 Å². The average Bonchev–Trinajstić information content (AvgIpc) is 2.69. The van der Waals surface area contributed by atoms with Gasteiger partial charge in [-0.05, 0) is 28.1 Å². The van der Waals surface area contributed by atoms with Gasteiger partial charge in [0.15, 0.2) is 0 Å². The number of amides is 1. The maximum atomic E-state index is 13.0. The normalized spacial score (nSPS) is 10.4. The smallest absolute Gasteiger partial charge is 0.261 e. The summed E-state index contributed by atoms with van der Waals surface area (Å²) in [7, 11) is 0. The molecule has 0 radical (unpaired) electrons. The number of nitrogen functional groups attached to an aromatic ring is 1. The first-order valence-corrected chi connectivity index (χ1v) is 5.91. The number of nitrogens with zero attached hydrogens (tertiary/aromatic N) is 1. The monoisotopic (exact) mass is 332 g/mol. The van der Waals surface area contributed by atoms with Gasteiger partial charge < -0.3 is 11.1 Å². The van der Waals surface area contributed by atoms with E-state index in [-0.39, 0.29) is 22.1 Å². The standard InChI is InChI=1S/C10H7BrClFN4O/c11-6-1-4(13)2-7(12)8(6)16-10(18)5-3-15-17-9(5)14/h1-3H,(H,16,18)(H3,14,15,17). The summed E-state index contributed by atoms with van der Waals surface area (Å²) in [6, 6.07) is 2.29. The van der Waals surface area contributed by atoms with E-state index in [1.54, 1.807) is 0 Å². The molecule has 0 spiro atoms. The van der Waals surface area contributed by atoms with Crippen LogP contribution in [0.2, 0.25) is 5.02 Å². The van der Waals surface area contributed by atoms with E-state index in [1.165, 1.54) is 12.3 Å². The molecular formula is C10H7BrClFN4O. The maximum Gasteiger partial charge on any atom is 0.261 e. The molecule has 0 atom stereocenters. The van der Waals surface area contributed by atoms with Crippen molar-refractivity contribution in [2.45, 2.75) is 0 Å². The van der Waals surface area contributed by atoms with E-state index in [0.29, 0.717) is 4.47 Å². The van der Waals surface area contributed by atoms with Gasteiger partial charge in [-0.2, -0.15) is 5.10 Å². The van der Waals surface area contributed by atoms with Gasteiger partial charge in [0.2, 0.25) is 0 Å². The van der Waals surface area contributed by atoms with Gasteiger partial charge in [-0.25, -0.2) is 4.39 Å². The summed E-state index contributed by atoms with van der Waals surface area (Å²) in [5.74, 6) is -0.856. The second kappa shape index (κ2) is 4.95. The first kappa shape index (κ1) is 12.8. The average molecular weight is 334 g/mol. The zero-order chi connectivity index (χ0) is 13.3. The number of aromatic amines is 1. The van der Waals surface area contributed by atoms with E-state index in [4.69, 9.17) is 17.3 Å². The van der Waals surface area contributed by atoms with E-state index in [9.17, 15) is 9.18 Å². The van der Waals surface area contributed by atoms with Crippen molar-refractivity contribution in [1.82, 2.24) is 10.2 Å². The lowest BCUT2D eigenvalue weighted by atomic mass is 10.2. The molecule has 4 N–H and O–H groups in total. The summed E-state index contributed by atoms with van der Waals surface area (Å²) in [6.07, 6.45) is 1.29. The summed E-state index contributed by atoms with van der Waals surface area (Å²) >= 11 is 8.96. The third-order valence-electron chi connectivity index (χ3n) is 2.16. The summed E-state index contributed by atoms with van der Waals surface area (Å²) in [6.45, 7) is 0. The number of nitrogens with one attached hydrogen (secondary N) is 2. The Morgan fingerprint density at radius 1 is 1.56 bits per heavy atom. The fraction of sp³-hybridized carbons (Fsp3) is 0.